The Morgan fingerprint density at radius 1 is 0.938 bits per heavy atom. The van der Waals surface area contributed by atoms with Crippen molar-refractivity contribution in [3.8, 4) is 17.4 Å². The summed E-state index contributed by atoms with van der Waals surface area (Å²) in [7, 11) is 4.01. The fraction of sp³-hybridized carbons (Fsp3) is 0.375. The van der Waals surface area contributed by atoms with Gasteiger partial charge in [0.1, 0.15) is 0 Å². The predicted molar refractivity (Wildman–Crippen MR) is 54.8 cm³/mol. The molecule has 0 aliphatic rings. The van der Waals surface area contributed by atoms with E-state index >= 15 is 0 Å². The van der Waals surface area contributed by atoms with Crippen LogP contribution in [0.2, 0.25) is 0 Å². The van der Waals surface area contributed by atoms with Crippen molar-refractivity contribution in [3.05, 3.63) is 10.7 Å². The lowest BCUT2D eigenvalue weighted by atomic mass is 10.4. The molecule has 0 bridgehead atoms. The smallest absolute Gasteiger partial charge is 0.306 e. The van der Waals surface area contributed by atoms with Gasteiger partial charge in [0.05, 0.1) is 25.8 Å². The van der Waals surface area contributed by atoms with Crippen LogP contribution in [0, 0.1) is 0 Å². The van der Waals surface area contributed by atoms with Crippen molar-refractivity contribution in [2.24, 2.45) is 0 Å². The molecular formula is C8H10BrNO6. The summed E-state index contributed by atoms with van der Waals surface area (Å²) in [6.07, 6.45) is 1.44. The van der Waals surface area contributed by atoms with Gasteiger partial charge in [-0.25, -0.2) is 4.98 Å². The lowest BCUT2D eigenvalue weighted by Crippen LogP contribution is -2.03. The van der Waals surface area contributed by atoms with Crippen molar-refractivity contribution in [1.29, 1.82) is 0 Å². The van der Waals surface area contributed by atoms with Crippen LogP contribution in [0.15, 0.2) is 10.7 Å². The largest absolute Gasteiger partial charge is 0.332 e. The molecule has 0 saturated heterocycles. The van der Waals surface area contributed by atoms with E-state index in [0.29, 0.717) is 4.47 Å². The Hall–Kier alpha value is -1.09. The monoisotopic (exact) mass is 295 g/mol. The maximum absolute atomic E-state index is 4.88. The van der Waals surface area contributed by atoms with E-state index in [1.54, 1.807) is 0 Å². The minimum Gasteiger partial charge on any atom is -0.332 e. The van der Waals surface area contributed by atoms with E-state index in [-0.39, 0.29) is 17.4 Å². The Kier molecular flexibility index (Phi) is 5.26. The minimum atomic E-state index is 0.0413. The van der Waals surface area contributed by atoms with Gasteiger partial charge in [0.25, 0.3) is 5.75 Å². The molecule has 0 N–H and O–H groups in total. The number of nitrogens with zero attached hydrogens (tertiary/aromatic N) is 1. The molecule has 0 spiro atoms. The average Bonchev–Trinajstić information content (AvgIpc) is 2.27. The van der Waals surface area contributed by atoms with Crippen LogP contribution >= 0.6 is 15.9 Å². The second-order valence-corrected chi connectivity index (χ2v) is 3.17. The zero-order valence-corrected chi connectivity index (χ0v) is 10.4. The van der Waals surface area contributed by atoms with E-state index in [4.69, 9.17) is 14.7 Å². The Morgan fingerprint density at radius 3 is 2.06 bits per heavy atom. The second kappa shape index (κ2) is 6.48. The van der Waals surface area contributed by atoms with Crippen LogP contribution in [0.25, 0.3) is 0 Å². The summed E-state index contributed by atoms with van der Waals surface area (Å²) in [5, 5.41) is 0. The van der Waals surface area contributed by atoms with Gasteiger partial charge in [-0.1, -0.05) is 0 Å². The van der Waals surface area contributed by atoms with Gasteiger partial charge in [0.2, 0.25) is 5.75 Å². The van der Waals surface area contributed by atoms with E-state index in [1.165, 1.54) is 27.5 Å². The van der Waals surface area contributed by atoms with E-state index < -0.39 is 0 Å². The standard InChI is InChI=1S/C8H10BrNO6/c1-11-14-6-5(9)4-10-8(16-13-3)7(6)15-12-2/h4H,1-3H3. The highest BCUT2D eigenvalue weighted by molar-refractivity contribution is 9.10. The van der Waals surface area contributed by atoms with Crippen LogP contribution in [-0.4, -0.2) is 26.3 Å². The molecule has 1 heterocycles. The van der Waals surface area contributed by atoms with Gasteiger partial charge in [0, 0.05) is 6.20 Å². The summed E-state index contributed by atoms with van der Waals surface area (Å²) in [6, 6.07) is 0. The normalized spacial score (nSPS) is 10.0. The number of pyridine rings is 1. The first kappa shape index (κ1) is 13.0. The molecule has 0 amide bonds. The Bertz CT molecular complexity index is 348. The molecule has 0 aromatic carbocycles. The molecule has 90 valence electrons. The van der Waals surface area contributed by atoms with Gasteiger partial charge in [-0.15, -0.1) is 0 Å². The first-order chi connectivity index (χ1) is 7.74. The molecule has 16 heavy (non-hydrogen) atoms. The molecule has 0 aliphatic heterocycles. The van der Waals surface area contributed by atoms with Crippen molar-refractivity contribution in [2.75, 3.05) is 21.3 Å². The van der Waals surface area contributed by atoms with Crippen molar-refractivity contribution in [1.82, 2.24) is 4.98 Å². The number of halogens is 1. The van der Waals surface area contributed by atoms with Crippen LogP contribution < -0.4 is 14.7 Å². The summed E-state index contributed by atoms with van der Waals surface area (Å²) in [4.78, 5) is 31.9. The van der Waals surface area contributed by atoms with E-state index in [9.17, 15) is 0 Å². The lowest BCUT2D eigenvalue weighted by Gasteiger charge is -2.11. The maximum Gasteiger partial charge on any atom is 0.306 e. The first-order valence-electron chi connectivity index (χ1n) is 4.05. The molecule has 1 aromatic heterocycles. The summed E-state index contributed by atoms with van der Waals surface area (Å²) < 4.78 is 0.504. The molecule has 0 atom stereocenters. The highest BCUT2D eigenvalue weighted by Gasteiger charge is 2.21. The van der Waals surface area contributed by atoms with Crippen LogP contribution in [0.5, 0.6) is 17.4 Å². The van der Waals surface area contributed by atoms with Crippen LogP contribution in [0.3, 0.4) is 0 Å². The molecule has 0 saturated carbocycles. The van der Waals surface area contributed by atoms with Gasteiger partial charge >= 0.3 is 5.88 Å². The summed E-state index contributed by atoms with van der Waals surface area (Å²) in [5.41, 5.74) is 0. The molecule has 0 fully saturated rings. The molecule has 8 heteroatoms. The Morgan fingerprint density at radius 2 is 1.50 bits per heavy atom. The third-order valence-electron chi connectivity index (χ3n) is 1.41. The maximum atomic E-state index is 4.88. The third kappa shape index (κ3) is 2.95. The summed E-state index contributed by atoms with van der Waals surface area (Å²) in [6.45, 7) is 0. The summed E-state index contributed by atoms with van der Waals surface area (Å²) in [5.74, 6) is 0.339. The molecule has 1 aromatic rings. The summed E-state index contributed by atoms with van der Waals surface area (Å²) >= 11 is 3.20. The average molecular weight is 296 g/mol. The SMILES string of the molecule is COOc1ncc(Br)c(OOC)c1OOC. The molecule has 7 nitrogen and oxygen atoms in total. The van der Waals surface area contributed by atoms with E-state index in [0.717, 1.165) is 0 Å². The van der Waals surface area contributed by atoms with Gasteiger partial charge in [-0.2, -0.15) is 14.7 Å². The second-order valence-electron chi connectivity index (χ2n) is 2.32. The zero-order chi connectivity index (χ0) is 12.0. The number of hydrogen-bond donors (Lipinski definition) is 0. The van der Waals surface area contributed by atoms with Gasteiger partial charge in [-0.3, -0.25) is 0 Å². The zero-order valence-electron chi connectivity index (χ0n) is 8.85. The first-order valence-corrected chi connectivity index (χ1v) is 4.84. The number of hydrogen-bond acceptors (Lipinski definition) is 7. The quantitative estimate of drug-likeness (QED) is 0.584. The molecular weight excluding hydrogens is 286 g/mol. The van der Waals surface area contributed by atoms with Crippen molar-refractivity contribution >= 4 is 15.9 Å². The minimum absolute atomic E-state index is 0.0413. The number of aromatic nitrogens is 1. The van der Waals surface area contributed by atoms with Crippen LogP contribution in [0.4, 0.5) is 0 Å². The van der Waals surface area contributed by atoms with Crippen molar-refractivity contribution in [3.63, 3.8) is 0 Å². The topological polar surface area (TPSA) is 68.3 Å². The fourth-order valence-corrected chi connectivity index (χ4v) is 1.24. The molecule has 1 rings (SSSR count). The highest BCUT2D eigenvalue weighted by Crippen LogP contribution is 2.41. The van der Waals surface area contributed by atoms with Crippen LogP contribution in [0.1, 0.15) is 0 Å². The van der Waals surface area contributed by atoms with Gasteiger partial charge < -0.3 is 14.7 Å². The lowest BCUT2D eigenvalue weighted by molar-refractivity contribution is -0.216. The molecule has 0 unspecified atom stereocenters. The highest BCUT2D eigenvalue weighted by atomic mass is 79.9. The fourth-order valence-electron chi connectivity index (χ4n) is 0.894. The predicted octanol–water partition coefficient (Wildman–Crippen LogP) is 1.66. The van der Waals surface area contributed by atoms with Crippen LogP contribution in [-0.2, 0) is 14.7 Å². The van der Waals surface area contributed by atoms with Crippen molar-refractivity contribution in [2.45, 2.75) is 0 Å². The molecule has 0 aliphatic carbocycles. The van der Waals surface area contributed by atoms with E-state index in [2.05, 4.69) is 35.6 Å². The molecule has 0 radical (unpaired) electrons. The van der Waals surface area contributed by atoms with Gasteiger partial charge in [-0.05, 0) is 15.9 Å². The third-order valence-corrected chi connectivity index (χ3v) is 1.97. The van der Waals surface area contributed by atoms with E-state index in [1.807, 2.05) is 0 Å². The van der Waals surface area contributed by atoms with Gasteiger partial charge in [0.15, 0.2) is 0 Å². The van der Waals surface area contributed by atoms with Crippen molar-refractivity contribution < 1.29 is 29.3 Å². The Labute approximate surface area is 100 Å². The Balaban J connectivity index is 3.14. The number of rotatable bonds is 6.